The lowest BCUT2D eigenvalue weighted by Gasteiger charge is -2.04. The summed E-state index contributed by atoms with van der Waals surface area (Å²) in [6.07, 6.45) is 0. The first-order valence-electron chi connectivity index (χ1n) is 5.38. The van der Waals surface area contributed by atoms with E-state index in [4.69, 9.17) is 10.8 Å². The van der Waals surface area contributed by atoms with Crippen molar-refractivity contribution in [2.45, 2.75) is 13.2 Å². The van der Waals surface area contributed by atoms with Crippen LogP contribution in [0, 0.1) is 0 Å². The largest absolute Gasteiger partial charge is 0.392 e. The molecule has 0 radical (unpaired) electrons. The van der Waals surface area contributed by atoms with Crippen molar-refractivity contribution in [2.24, 2.45) is 5.73 Å². The minimum atomic E-state index is -0.277. The predicted molar refractivity (Wildman–Crippen MR) is 70.3 cm³/mol. The summed E-state index contributed by atoms with van der Waals surface area (Å²) in [6, 6.07) is 7.03. The number of amides is 1. The van der Waals surface area contributed by atoms with Gasteiger partial charge in [-0.15, -0.1) is 11.3 Å². The van der Waals surface area contributed by atoms with E-state index in [-0.39, 0.29) is 12.5 Å². The van der Waals surface area contributed by atoms with Gasteiger partial charge in [0.15, 0.2) is 0 Å². The third-order valence-corrected chi connectivity index (χ3v) is 3.20. The number of aliphatic hydroxyl groups is 1. The van der Waals surface area contributed by atoms with E-state index in [2.05, 4.69) is 10.3 Å². The molecule has 5 nitrogen and oxygen atoms in total. The van der Waals surface area contributed by atoms with Gasteiger partial charge in [-0.05, 0) is 17.7 Å². The lowest BCUT2D eigenvalue weighted by atomic mass is 10.2. The molecule has 1 amide bonds. The molecule has 0 aliphatic carbocycles. The van der Waals surface area contributed by atoms with Crippen LogP contribution in [-0.2, 0) is 13.2 Å². The number of nitrogens with one attached hydrogen (secondary N) is 1. The third kappa shape index (κ3) is 2.92. The van der Waals surface area contributed by atoms with Crippen LogP contribution >= 0.6 is 11.3 Å². The number of rotatable bonds is 4. The van der Waals surface area contributed by atoms with E-state index in [9.17, 15) is 4.79 Å². The number of carbonyl (C=O) groups is 1. The number of aromatic nitrogens is 1. The molecule has 4 N–H and O–H groups in total. The first-order chi connectivity index (χ1) is 8.72. The second kappa shape index (κ2) is 5.72. The highest BCUT2D eigenvalue weighted by Gasteiger charge is 2.10. The Morgan fingerprint density at radius 1 is 1.50 bits per heavy atom. The molecule has 1 aromatic heterocycles. The van der Waals surface area contributed by atoms with Gasteiger partial charge in [-0.25, -0.2) is 4.98 Å². The average Bonchev–Trinajstić information content (AvgIpc) is 2.88. The zero-order valence-electron chi connectivity index (χ0n) is 9.59. The first-order valence-corrected chi connectivity index (χ1v) is 6.26. The lowest BCUT2D eigenvalue weighted by Crippen LogP contribution is -2.12. The Labute approximate surface area is 108 Å². The number of hydrogen-bond donors (Lipinski definition) is 3. The fraction of sp³-hybridized carbons (Fsp3) is 0.167. The van der Waals surface area contributed by atoms with E-state index in [0.29, 0.717) is 17.9 Å². The van der Waals surface area contributed by atoms with Crippen LogP contribution in [0.15, 0.2) is 29.6 Å². The summed E-state index contributed by atoms with van der Waals surface area (Å²) >= 11 is 1.36. The van der Waals surface area contributed by atoms with Gasteiger partial charge >= 0.3 is 0 Å². The highest BCUT2D eigenvalue weighted by molar-refractivity contribution is 7.09. The van der Waals surface area contributed by atoms with Crippen molar-refractivity contribution >= 4 is 22.9 Å². The third-order valence-electron chi connectivity index (χ3n) is 2.33. The van der Waals surface area contributed by atoms with Gasteiger partial charge in [-0.2, -0.15) is 0 Å². The monoisotopic (exact) mass is 263 g/mol. The highest BCUT2D eigenvalue weighted by Crippen LogP contribution is 2.14. The Bertz CT molecular complexity index is 554. The average molecular weight is 263 g/mol. The van der Waals surface area contributed by atoms with Crippen molar-refractivity contribution < 1.29 is 9.90 Å². The molecule has 2 aromatic rings. The number of carbonyl (C=O) groups excluding carboxylic acids is 1. The van der Waals surface area contributed by atoms with Crippen LogP contribution in [0.5, 0.6) is 0 Å². The minimum absolute atomic E-state index is 0.0578. The predicted octanol–water partition coefficient (Wildman–Crippen LogP) is 1.35. The molecule has 0 aliphatic rings. The highest BCUT2D eigenvalue weighted by atomic mass is 32.1. The molecule has 0 spiro atoms. The zero-order valence-corrected chi connectivity index (χ0v) is 10.4. The van der Waals surface area contributed by atoms with Crippen molar-refractivity contribution in [3.05, 3.63) is 45.9 Å². The molecule has 0 saturated carbocycles. The fourth-order valence-corrected chi connectivity index (χ4v) is 2.11. The van der Waals surface area contributed by atoms with Crippen molar-refractivity contribution in [1.82, 2.24) is 4.98 Å². The van der Waals surface area contributed by atoms with Crippen LogP contribution in [0.4, 0.5) is 5.69 Å². The van der Waals surface area contributed by atoms with Crippen LogP contribution in [0.25, 0.3) is 0 Å². The van der Waals surface area contributed by atoms with Crippen molar-refractivity contribution in [2.75, 3.05) is 5.32 Å². The first kappa shape index (κ1) is 12.7. The SMILES string of the molecule is NCc1nc(C(=O)Nc2cccc(CO)c2)cs1. The van der Waals surface area contributed by atoms with Crippen molar-refractivity contribution in [1.29, 1.82) is 0 Å². The van der Waals surface area contributed by atoms with E-state index in [0.717, 1.165) is 10.6 Å². The molecule has 1 heterocycles. The van der Waals surface area contributed by atoms with Crippen LogP contribution in [0.1, 0.15) is 21.1 Å². The summed E-state index contributed by atoms with van der Waals surface area (Å²) in [6.45, 7) is 0.273. The standard InChI is InChI=1S/C12H13N3O2S/c13-5-11-15-10(7-18-11)12(17)14-9-3-1-2-8(4-9)6-16/h1-4,7,16H,5-6,13H2,(H,14,17). The fourth-order valence-electron chi connectivity index (χ4n) is 1.45. The Hall–Kier alpha value is -1.76. The van der Waals surface area contributed by atoms with Gasteiger partial charge in [0, 0.05) is 17.6 Å². The second-order valence-electron chi connectivity index (χ2n) is 3.64. The van der Waals surface area contributed by atoms with Gasteiger partial charge < -0.3 is 16.2 Å². The number of nitrogens with two attached hydrogens (primary N) is 1. The Kier molecular flexibility index (Phi) is 4.03. The van der Waals surface area contributed by atoms with Crippen LogP contribution < -0.4 is 11.1 Å². The normalized spacial score (nSPS) is 10.3. The smallest absolute Gasteiger partial charge is 0.275 e. The van der Waals surface area contributed by atoms with E-state index in [1.54, 1.807) is 29.6 Å². The summed E-state index contributed by atoms with van der Waals surface area (Å²) in [7, 11) is 0. The molecular weight excluding hydrogens is 250 g/mol. The van der Waals surface area contributed by atoms with Gasteiger partial charge in [0.25, 0.3) is 5.91 Å². The molecular formula is C12H13N3O2S. The summed E-state index contributed by atoms with van der Waals surface area (Å²) in [5, 5.41) is 14.1. The molecule has 0 saturated heterocycles. The molecule has 18 heavy (non-hydrogen) atoms. The van der Waals surface area contributed by atoms with Crippen molar-refractivity contribution in [3.8, 4) is 0 Å². The van der Waals surface area contributed by atoms with Crippen LogP contribution in [0.3, 0.4) is 0 Å². The number of aliphatic hydroxyl groups excluding tert-OH is 1. The molecule has 1 aromatic carbocycles. The minimum Gasteiger partial charge on any atom is -0.392 e. The van der Waals surface area contributed by atoms with E-state index in [1.165, 1.54) is 11.3 Å². The molecule has 0 aliphatic heterocycles. The number of thiazole rings is 1. The summed E-state index contributed by atoms with van der Waals surface area (Å²) in [5.41, 5.74) is 7.18. The summed E-state index contributed by atoms with van der Waals surface area (Å²) in [5.74, 6) is -0.277. The number of benzene rings is 1. The topological polar surface area (TPSA) is 88.2 Å². The maximum atomic E-state index is 11.9. The Morgan fingerprint density at radius 2 is 2.33 bits per heavy atom. The zero-order chi connectivity index (χ0) is 13.0. The van der Waals surface area contributed by atoms with Crippen LogP contribution in [-0.4, -0.2) is 16.0 Å². The molecule has 94 valence electrons. The van der Waals surface area contributed by atoms with Crippen LogP contribution in [0.2, 0.25) is 0 Å². The van der Waals surface area contributed by atoms with Gasteiger partial charge in [-0.1, -0.05) is 12.1 Å². The summed E-state index contributed by atoms with van der Waals surface area (Å²) < 4.78 is 0. The second-order valence-corrected chi connectivity index (χ2v) is 4.59. The molecule has 0 bridgehead atoms. The van der Waals surface area contributed by atoms with Gasteiger partial charge in [-0.3, -0.25) is 4.79 Å². The van der Waals surface area contributed by atoms with E-state index in [1.807, 2.05) is 0 Å². The molecule has 2 rings (SSSR count). The Balaban J connectivity index is 2.10. The lowest BCUT2D eigenvalue weighted by molar-refractivity contribution is 0.102. The van der Waals surface area contributed by atoms with E-state index < -0.39 is 0 Å². The maximum Gasteiger partial charge on any atom is 0.275 e. The van der Waals surface area contributed by atoms with Gasteiger partial charge in [0.05, 0.1) is 6.61 Å². The Morgan fingerprint density at radius 3 is 3.00 bits per heavy atom. The summed E-state index contributed by atoms with van der Waals surface area (Å²) in [4.78, 5) is 16.0. The quantitative estimate of drug-likeness (QED) is 0.777. The van der Waals surface area contributed by atoms with Gasteiger partial charge in [0.2, 0.25) is 0 Å². The molecule has 0 fully saturated rings. The molecule has 6 heteroatoms. The van der Waals surface area contributed by atoms with E-state index >= 15 is 0 Å². The molecule has 0 atom stereocenters. The number of anilines is 1. The number of hydrogen-bond acceptors (Lipinski definition) is 5. The number of nitrogens with zero attached hydrogens (tertiary/aromatic N) is 1. The van der Waals surface area contributed by atoms with Crippen molar-refractivity contribution in [3.63, 3.8) is 0 Å². The molecule has 0 unspecified atom stereocenters. The maximum absolute atomic E-state index is 11.9. The van der Waals surface area contributed by atoms with Gasteiger partial charge in [0.1, 0.15) is 10.7 Å².